The Balaban J connectivity index is 1.40. The van der Waals surface area contributed by atoms with Gasteiger partial charge in [0, 0.05) is 27.1 Å². The number of nitrogens with zero attached hydrogens (tertiary/aromatic N) is 6. The molecule has 0 aliphatic heterocycles. The van der Waals surface area contributed by atoms with Crippen molar-refractivity contribution in [1.82, 2.24) is 34.4 Å². The minimum Gasteiger partial charge on any atom is -0.389 e. The standard InChI is InChI=1S/C21H22N8O3/c1-22-16-14-17(27-12(26-16)5-4-10-7-24-8-28(10)3)29(9-25-14)15-13-11-6-20(11,19(31)23-2)18(30)21(13,15)32/h7-9,11,13,15,18,30,32H,6H2,1-3H3,(H,23,31)(H,22,26,27)/t11?,13-,15+,18+,20?,21+/m0/s1. The molecule has 4 N–H and O–H groups in total. The molecule has 6 rings (SSSR count). The van der Waals surface area contributed by atoms with Gasteiger partial charge in [-0.1, -0.05) is 0 Å². The molecule has 3 fully saturated rings. The van der Waals surface area contributed by atoms with Crippen molar-refractivity contribution in [1.29, 1.82) is 0 Å². The number of aliphatic hydroxyl groups is 2. The number of hydrogen-bond acceptors (Lipinski definition) is 8. The quantitative estimate of drug-likeness (QED) is 0.386. The van der Waals surface area contributed by atoms with Crippen LogP contribution in [-0.2, 0) is 11.8 Å². The van der Waals surface area contributed by atoms with Gasteiger partial charge in [0.15, 0.2) is 17.0 Å². The van der Waals surface area contributed by atoms with Crippen LogP contribution < -0.4 is 10.6 Å². The van der Waals surface area contributed by atoms with Crippen LogP contribution in [0.25, 0.3) is 11.2 Å². The molecule has 0 bridgehead atoms. The topological polar surface area (TPSA) is 143 Å². The van der Waals surface area contributed by atoms with Gasteiger partial charge in [-0.15, -0.1) is 0 Å². The minimum absolute atomic E-state index is 0.0698. The van der Waals surface area contributed by atoms with E-state index in [4.69, 9.17) is 0 Å². The third-order valence-electron chi connectivity index (χ3n) is 7.38. The predicted octanol–water partition coefficient (Wildman–Crippen LogP) is -0.970. The molecule has 0 saturated heterocycles. The Kier molecular flexibility index (Phi) is 3.64. The van der Waals surface area contributed by atoms with Crippen molar-refractivity contribution in [3.8, 4) is 11.8 Å². The van der Waals surface area contributed by atoms with Crippen LogP contribution in [0, 0.1) is 29.1 Å². The lowest BCUT2D eigenvalue weighted by Gasteiger charge is -2.25. The Morgan fingerprint density at radius 3 is 2.72 bits per heavy atom. The summed E-state index contributed by atoms with van der Waals surface area (Å²) in [6.07, 6.45) is 4.36. The lowest BCUT2D eigenvalue weighted by Crippen LogP contribution is -2.45. The fourth-order valence-corrected chi connectivity index (χ4v) is 5.73. The monoisotopic (exact) mass is 434 g/mol. The highest BCUT2D eigenvalue weighted by molar-refractivity contribution is 5.89. The summed E-state index contributed by atoms with van der Waals surface area (Å²) in [6.45, 7) is 0. The number of amides is 1. The molecule has 3 aliphatic rings. The first-order valence-electron chi connectivity index (χ1n) is 10.4. The summed E-state index contributed by atoms with van der Waals surface area (Å²) in [5, 5.41) is 27.9. The Morgan fingerprint density at radius 1 is 1.28 bits per heavy atom. The van der Waals surface area contributed by atoms with Crippen LogP contribution in [0.4, 0.5) is 5.82 Å². The third-order valence-corrected chi connectivity index (χ3v) is 7.38. The lowest BCUT2D eigenvalue weighted by atomic mass is 9.93. The smallest absolute Gasteiger partial charge is 0.229 e. The number of imidazole rings is 2. The van der Waals surface area contributed by atoms with Crippen molar-refractivity contribution < 1.29 is 15.0 Å². The maximum Gasteiger partial charge on any atom is 0.229 e. The number of carbonyl (C=O) groups is 1. The van der Waals surface area contributed by atoms with Gasteiger partial charge in [0.05, 0.1) is 36.4 Å². The highest BCUT2D eigenvalue weighted by atomic mass is 16.4. The van der Waals surface area contributed by atoms with E-state index >= 15 is 0 Å². The molecule has 2 unspecified atom stereocenters. The fraction of sp³-hybridized carbons (Fsp3) is 0.476. The van der Waals surface area contributed by atoms with E-state index in [-0.39, 0.29) is 17.7 Å². The predicted molar refractivity (Wildman–Crippen MR) is 112 cm³/mol. The normalized spacial score (nSPS) is 33.8. The maximum absolute atomic E-state index is 12.4. The molecule has 164 valence electrons. The molecule has 3 aromatic heterocycles. The van der Waals surface area contributed by atoms with E-state index in [1.54, 1.807) is 42.1 Å². The molecule has 3 heterocycles. The number of rotatable bonds is 3. The molecule has 3 aliphatic carbocycles. The summed E-state index contributed by atoms with van der Waals surface area (Å²) in [5.41, 5.74) is -0.471. The summed E-state index contributed by atoms with van der Waals surface area (Å²) < 4.78 is 3.58. The Labute approximate surface area is 182 Å². The molecule has 11 nitrogen and oxygen atoms in total. The molecule has 0 aromatic carbocycles. The van der Waals surface area contributed by atoms with Crippen LogP contribution in [0.3, 0.4) is 0 Å². The van der Waals surface area contributed by atoms with Crippen LogP contribution in [0.15, 0.2) is 18.9 Å². The average molecular weight is 434 g/mol. The second-order valence-electron chi connectivity index (χ2n) is 8.80. The van der Waals surface area contributed by atoms with Gasteiger partial charge in [0.2, 0.25) is 11.7 Å². The van der Waals surface area contributed by atoms with Gasteiger partial charge >= 0.3 is 0 Å². The first kappa shape index (κ1) is 19.2. The molecular formula is C21H22N8O3. The van der Waals surface area contributed by atoms with Crippen LogP contribution in [-0.4, -0.2) is 71.0 Å². The van der Waals surface area contributed by atoms with Gasteiger partial charge in [0.25, 0.3) is 0 Å². The number of nitrogens with one attached hydrogen (secondary N) is 2. The van der Waals surface area contributed by atoms with Crippen LogP contribution in [0.5, 0.6) is 0 Å². The zero-order valence-corrected chi connectivity index (χ0v) is 17.7. The van der Waals surface area contributed by atoms with Crippen molar-refractivity contribution >= 4 is 22.9 Å². The van der Waals surface area contributed by atoms with Crippen LogP contribution in [0.1, 0.15) is 24.0 Å². The largest absolute Gasteiger partial charge is 0.389 e. The van der Waals surface area contributed by atoms with Gasteiger partial charge in [-0.05, 0) is 24.2 Å². The van der Waals surface area contributed by atoms with Crippen molar-refractivity contribution in [3.05, 3.63) is 30.4 Å². The Bertz CT molecular complexity index is 1350. The Hall–Kier alpha value is -3.49. The van der Waals surface area contributed by atoms with Crippen molar-refractivity contribution in [3.63, 3.8) is 0 Å². The summed E-state index contributed by atoms with van der Waals surface area (Å²) in [4.78, 5) is 29.9. The van der Waals surface area contributed by atoms with Crippen molar-refractivity contribution in [2.24, 2.45) is 24.3 Å². The number of hydrogen-bond donors (Lipinski definition) is 4. The maximum atomic E-state index is 12.4. The minimum atomic E-state index is -1.38. The van der Waals surface area contributed by atoms with E-state index in [0.29, 0.717) is 29.2 Å². The van der Waals surface area contributed by atoms with Crippen molar-refractivity contribution in [2.45, 2.75) is 24.2 Å². The molecular weight excluding hydrogens is 412 g/mol. The summed E-state index contributed by atoms with van der Waals surface area (Å²) in [5.74, 6) is 6.28. The summed E-state index contributed by atoms with van der Waals surface area (Å²) in [7, 11) is 5.15. The molecule has 11 heteroatoms. The van der Waals surface area contributed by atoms with Gasteiger partial charge in [-0.2, -0.15) is 0 Å². The van der Waals surface area contributed by atoms with Crippen LogP contribution in [0.2, 0.25) is 0 Å². The second kappa shape index (κ2) is 6.05. The zero-order chi connectivity index (χ0) is 22.4. The van der Waals surface area contributed by atoms with Crippen LogP contribution >= 0.6 is 0 Å². The highest BCUT2D eigenvalue weighted by Gasteiger charge is 2.91. The number of aryl methyl sites for hydroxylation is 1. The molecule has 3 saturated carbocycles. The van der Waals surface area contributed by atoms with Gasteiger partial charge in [-0.25, -0.2) is 19.9 Å². The molecule has 0 radical (unpaired) electrons. The highest BCUT2D eigenvalue weighted by Crippen LogP contribution is 2.82. The Morgan fingerprint density at radius 2 is 2.09 bits per heavy atom. The van der Waals surface area contributed by atoms with Gasteiger partial charge in [-0.3, -0.25) is 4.79 Å². The molecule has 1 amide bonds. The number of aromatic nitrogens is 6. The molecule has 0 spiro atoms. The zero-order valence-electron chi connectivity index (χ0n) is 17.7. The first-order chi connectivity index (χ1) is 15.4. The fourth-order valence-electron chi connectivity index (χ4n) is 5.73. The van der Waals surface area contributed by atoms with Crippen molar-refractivity contribution in [2.75, 3.05) is 19.4 Å². The number of aliphatic hydroxyl groups excluding tert-OH is 1. The van der Waals surface area contributed by atoms with E-state index in [9.17, 15) is 15.0 Å². The van der Waals surface area contributed by atoms with E-state index in [1.165, 1.54) is 0 Å². The molecule has 3 aromatic rings. The number of carbonyl (C=O) groups excluding carboxylic acids is 1. The van der Waals surface area contributed by atoms with E-state index < -0.39 is 23.2 Å². The van der Waals surface area contributed by atoms with Gasteiger partial charge < -0.3 is 30.0 Å². The molecule has 6 atom stereocenters. The summed E-state index contributed by atoms with van der Waals surface area (Å²) in [6, 6.07) is -0.412. The molecule has 32 heavy (non-hydrogen) atoms. The third kappa shape index (κ3) is 2.15. The van der Waals surface area contributed by atoms with E-state index in [0.717, 1.165) is 5.69 Å². The van der Waals surface area contributed by atoms with Gasteiger partial charge in [0.1, 0.15) is 11.3 Å². The lowest BCUT2D eigenvalue weighted by molar-refractivity contribution is -0.134. The van der Waals surface area contributed by atoms with E-state index in [1.807, 2.05) is 7.05 Å². The van der Waals surface area contributed by atoms with E-state index in [2.05, 4.69) is 42.4 Å². The second-order valence-corrected chi connectivity index (χ2v) is 8.80. The number of fused-ring (bicyclic) bond motifs is 4. The number of anilines is 1. The first-order valence-corrected chi connectivity index (χ1v) is 10.4. The summed E-state index contributed by atoms with van der Waals surface area (Å²) >= 11 is 0. The average Bonchev–Trinajstić information content (AvgIpc) is 3.50. The SMILES string of the molecule is CNC(=O)C12CC1[C@H]1[C@@H](n3cnc4c(NC)nc(C#Cc5cncn5C)nc43)[C@@]1(O)[C@@H]2O.